The Morgan fingerprint density at radius 1 is 0.674 bits per heavy atom. The highest BCUT2D eigenvalue weighted by Gasteiger charge is 2.49. The number of esters is 1. The molecule has 0 aromatic rings. The molecule has 0 bridgehead atoms. The van der Waals surface area contributed by atoms with E-state index < -0.39 is 47.3 Å². The van der Waals surface area contributed by atoms with Crippen molar-refractivity contribution >= 4 is 35.9 Å². The number of hydrogen-bond donors (Lipinski definition) is 4. The Kier molecular flexibility index (Phi) is 16.0. The van der Waals surface area contributed by atoms with Crippen molar-refractivity contribution in [3.05, 3.63) is 0 Å². The highest BCUT2D eigenvalue weighted by molar-refractivity contribution is 5.93. The average Bonchev–Trinajstić information content (AvgIpc) is 3.58. The van der Waals surface area contributed by atoms with Crippen molar-refractivity contribution < 1.29 is 53.2 Å². The number of carboxylic acid groups (broad SMARTS) is 1. The minimum atomic E-state index is -1.21. The van der Waals surface area contributed by atoms with Crippen LogP contribution >= 0.6 is 0 Å². The number of carbonyl (C=O) groups is 6. The Morgan fingerprint density at radius 3 is 1.33 bits per heavy atom. The second kappa shape index (κ2) is 17.5. The van der Waals surface area contributed by atoms with E-state index >= 15 is 0 Å². The van der Waals surface area contributed by atoms with E-state index in [2.05, 4.69) is 20.1 Å². The first-order valence-electron chi connectivity index (χ1n) is 14.1. The Balaban J connectivity index is 0.000000776. The van der Waals surface area contributed by atoms with Crippen LogP contribution in [0.1, 0.15) is 67.2 Å². The van der Waals surface area contributed by atoms with E-state index in [4.69, 9.17) is 9.84 Å². The van der Waals surface area contributed by atoms with Crippen LogP contribution in [-0.2, 0) is 33.4 Å². The van der Waals surface area contributed by atoms with Gasteiger partial charge in [0, 0.05) is 20.2 Å². The van der Waals surface area contributed by atoms with E-state index in [1.807, 2.05) is 13.8 Å². The predicted molar refractivity (Wildman–Crippen MR) is 155 cm³/mol. The summed E-state index contributed by atoms with van der Waals surface area (Å²) in [5.74, 6) is -2.43. The van der Waals surface area contributed by atoms with E-state index in [-0.39, 0.29) is 23.7 Å². The monoisotopic (exact) mass is 618 g/mol. The maximum absolute atomic E-state index is 12.7. The molecule has 2 saturated heterocycles. The molecule has 0 aromatic heterocycles. The Bertz CT molecular complexity index is 990. The largest absolute Gasteiger partial charge is 0.480 e. The van der Waals surface area contributed by atoms with Gasteiger partial charge in [0.2, 0.25) is 11.8 Å². The van der Waals surface area contributed by atoms with Crippen molar-refractivity contribution in [2.75, 3.05) is 41.5 Å². The first-order valence-corrected chi connectivity index (χ1v) is 14.1. The molecule has 0 aliphatic carbocycles. The van der Waals surface area contributed by atoms with Crippen molar-refractivity contribution in [1.29, 1.82) is 0 Å². The number of hydrogen-bond acceptors (Lipinski definition) is 10. The smallest absolute Gasteiger partial charge is 0.407 e. The molecule has 0 aromatic carbocycles. The molecule has 43 heavy (non-hydrogen) atoms. The molecule has 2 aliphatic rings. The highest BCUT2D eigenvalue weighted by Crippen LogP contribution is 2.32. The molecule has 2 aliphatic heterocycles. The summed E-state index contributed by atoms with van der Waals surface area (Å²) in [6.07, 6.45) is 0.957. The number of aliphatic hydroxyl groups is 1. The lowest BCUT2D eigenvalue weighted by atomic mass is 9.96. The zero-order valence-corrected chi connectivity index (χ0v) is 27.0. The summed E-state index contributed by atoms with van der Waals surface area (Å²) in [6.45, 7) is 11.3. The Labute approximate surface area is 253 Å². The minimum Gasteiger partial charge on any atom is -0.480 e. The number of aliphatic carboxylic acids is 1. The van der Waals surface area contributed by atoms with Crippen molar-refractivity contribution in [2.45, 2.75) is 90.4 Å². The first-order chi connectivity index (χ1) is 20.0. The SMILES string of the molecule is CO.COC(=O)N[C@H](C(=O)N1CCC[C@@]1(C)C(=O)O)C(C)C.COC(=O)N[C@H](C(=O)N1CCC[C@@]1(C)C(=O)OC)C(C)C. The lowest BCUT2D eigenvalue weighted by Gasteiger charge is -2.35. The van der Waals surface area contributed by atoms with Gasteiger partial charge in [0.1, 0.15) is 23.2 Å². The zero-order chi connectivity index (χ0) is 33.7. The molecular formula is C28H50N4O11. The van der Waals surface area contributed by atoms with Crippen LogP contribution in [0.25, 0.3) is 0 Å². The third kappa shape index (κ3) is 9.70. The van der Waals surface area contributed by atoms with Crippen LogP contribution in [0.4, 0.5) is 9.59 Å². The van der Waals surface area contributed by atoms with Crippen molar-refractivity contribution in [2.24, 2.45) is 11.8 Å². The predicted octanol–water partition coefficient (Wildman–Crippen LogP) is 1.36. The number of carboxylic acids is 1. The number of amides is 4. The van der Waals surface area contributed by atoms with E-state index in [0.29, 0.717) is 32.4 Å². The van der Waals surface area contributed by atoms with Gasteiger partial charge in [0.05, 0.1) is 21.3 Å². The quantitative estimate of drug-likeness (QED) is 0.226. The average molecular weight is 619 g/mol. The maximum Gasteiger partial charge on any atom is 0.407 e. The molecule has 15 nitrogen and oxygen atoms in total. The number of methoxy groups -OCH3 is 3. The van der Waals surface area contributed by atoms with Gasteiger partial charge in [-0.2, -0.15) is 0 Å². The summed E-state index contributed by atoms with van der Waals surface area (Å²) >= 11 is 0. The van der Waals surface area contributed by atoms with Gasteiger partial charge in [-0.25, -0.2) is 19.2 Å². The van der Waals surface area contributed by atoms with Gasteiger partial charge in [0.25, 0.3) is 0 Å². The number of nitrogens with zero attached hydrogens (tertiary/aromatic N) is 2. The van der Waals surface area contributed by atoms with E-state index in [9.17, 15) is 33.9 Å². The second-order valence-corrected chi connectivity index (χ2v) is 11.2. The van der Waals surface area contributed by atoms with Crippen LogP contribution in [0.3, 0.4) is 0 Å². The summed E-state index contributed by atoms with van der Waals surface area (Å²) < 4.78 is 13.9. The van der Waals surface area contributed by atoms with Crippen LogP contribution in [0, 0.1) is 11.8 Å². The van der Waals surface area contributed by atoms with Gasteiger partial charge >= 0.3 is 24.1 Å². The van der Waals surface area contributed by atoms with Gasteiger partial charge < -0.3 is 44.9 Å². The normalized spacial score (nSPS) is 22.3. The highest BCUT2D eigenvalue weighted by atomic mass is 16.5. The van der Waals surface area contributed by atoms with E-state index in [1.54, 1.807) is 20.8 Å². The molecule has 2 heterocycles. The van der Waals surface area contributed by atoms with Crippen LogP contribution < -0.4 is 10.6 Å². The third-order valence-corrected chi connectivity index (χ3v) is 7.68. The number of ether oxygens (including phenoxy) is 3. The second-order valence-electron chi connectivity index (χ2n) is 11.2. The molecule has 0 unspecified atom stereocenters. The van der Waals surface area contributed by atoms with Crippen LogP contribution in [0.5, 0.6) is 0 Å². The van der Waals surface area contributed by atoms with E-state index in [1.165, 1.54) is 38.1 Å². The molecule has 2 fully saturated rings. The van der Waals surface area contributed by atoms with Crippen molar-refractivity contribution in [3.8, 4) is 0 Å². The third-order valence-electron chi connectivity index (χ3n) is 7.68. The number of nitrogens with one attached hydrogen (secondary N) is 2. The lowest BCUT2D eigenvalue weighted by molar-refractivity contribution is -0.159. The van der Waals surface area contributed by atoms with E-state index in [0.717, 1.165) is 13.5 Å². The summed E-state index contributed by atoms with van der Waals surface area (Å²) in [5.41, 5.74) is -2.18. The van der Waals surface area contributed by atoms with Gasteiger partial charge in [-0.05, 0) is 51.4 Å². The topological polar surface area (TPSA) is 201 Å². The fourth-order valence-corrected chi connectivity index (χ4v) is 5.02. The zero-order valence-electron chi connectivity index (χ0n) is 27.0. The summed E-state index contributed by atoms with van der Waals surface area (Å²) in [5, 5.41) is 21.3. The molecule has 4 N–H and O–H groups in total. The lowest BCUT2D eigenvalue weighted by Crippen LogP contribution is -2.58. The summed E-state index contributed by atoms with van der Waals surface area (Å²) in [6, 6.07) is -1.53. The van der Waals surface area contributed by atoms with Crippen LogP contribution in [0.15, 0.2) is 0 Å². The molecule has 0 spiro atoms. The number of aliphatic hydroxyl groups excluding tert-OH is 1. The molecule has 2 rings (SSSR count). The molecule has 0 radical (unpaired) electrons. The van der Waals surface area contributed by atoms with Crippen LogP contribution in [0.2, 0.25) is 0 Å². The fraction of sp³-hybridized carbons (Fsp3) is 0.786. The Hall–Kier alpha value is -3.62. The molecule has 4 atom stereocenters. The number of rotatable bonds is 8. The molecular weight excluding hydrogens is 568 g/mol. The minimum absolute atomic E-state index is 0.126. The number of likely N-dealkylation sites (tertiary alicyclic amines) is 2. The molecule has 248 valence electrons. The van der Waals surface area contributed by atoms with Gasteiger partial charge in [0.15, 0.2) is 0 Å². The summed E-state index contributed by atoms with van der Waals surface area (Å²) in [4.78, 5) is 74.2. The number of alkyl carbamates (subject to hydrolysis) is 2. The molecule has 15 heteroatoms. The standard InChI is InChI=1S/C14H24N2O5.C13H22N2O5.CH4O/c1-9(2)10(15-13(19)21-5)11(17)16-8-6-7-14(16,3)12(18)20-4;1-8(2)9(14-12(19)20-4)10(16)15-7-5-6-13(15,3)11(17)18;1-2/h9-10H,6-8H2,1-5H3,(H,15,19);8-9H,5-7H2,1-4H3,(H,14,19)(H,17,18);2H,1H3/t10-,14-;9-,13-;/m00./s1. The summed E-state index contributed by atoms with van der Waals surface area (Å²) in [7, 11) is 4.77. The first kappa shape index (κ1) is 39.4. The van der Waals surface area contributed by atoms with Gasteiger partial charge in [-0.3, -0.25) is 9.59 Å². The molecule has 0 saturated carbocycles. The Morgan fingerprint density at radius 2 is 1.02 bits per heavy atom. The van der Waals surface area contributed by atoms with Gasteiger partial charge in [-0.1, -0.05) is 27.7 Å². The molecule has 4 amide bonds. The van der Waals surface area contributed by atoms with Crippen LogP contribution in [-0.4, -0.2) is 121 Å². The van der Waals surface area contributed by atoms with Crippen molar-refractivity contribution in [3.63, 3.8) is 0 Å². The van der Waals surface area contributed by atoms with Crippen molar-refractivity contribution in [1.82, 2.24) is 20.4 Å². The number of carbonyl (C=O) groups excluding carboxylic acids is 5. The fourth-order valence-electron chi connectivity index (χ4n) is 5.02. The van der Waals surface area contributed by atoms with Gasteiger partial charge in [-0.15, -0.1) is 0 Å². The maximum atomic E-state index is 12.7.